The first-order chi connectivity index (χ1) is 7.66. The molecule has 0 aromatic rings. The standard InChI is InChI=1S/4C2H7N.4O.Ti/c4*1-2-3;;;;;/h4*2-3H2,1H3;;;;;/q;;;;4*-1;/p+4. The molecule has 17 heavy (non-hydrogen) atoms. The second-order valence-corrected chi connectivity index (χ2v) is 4.06. The minimum absolute atomic E-state index is 1.00. The van der Waals surface area contributed by atoms with E-state index < -0.39 is 18.1 Å². The molecule has 0 heterocycles. The van der Waals surface area contributed by atoms with Crippen molar-refractivity contribution in [3.63, 3.8) is 0 Å². The normalized spacial score (nSPS) is 7.76. The average Bonchev–Trinajstić information content (AvgIpc) is 2.04. The van der Waals surface area contributed by atoms with Gasteiger partial charge in [-0.3, -0.25) is 0 Å². The molecule has 0 amide bonds. The van der Waals surface area contributed by atoms with Crippen molar-refractivity contribution in [1.82, 2.24) is 0 Å². The van der Waals surface area contributed by atoms with E-state index in [1.807, 2.05) is 27.7 Å². The van der Waals surface area contributed by atoms with E-state index in [2.05, 4.69) is 22.9 Å². The molecule has 0 aliphatic heterocycles. The van der Waals surface area contributed by atoms with E-state index in [0.29, 0.717) is 0 Å². The summed E-state index contributed by atoms with van der Waals surface area (Å²) >= 11 is -6.00. The third kappa shape index (κ3) is 21800. The summed E-state index contributed by atoms with van der Waals surface area (Å²) in [5, 5.41) is 0. The van der Waals surface area contributed by atoms with E-state index in [4.69, 9.17) is 14.8 Å². The van der Waals surface area contributed by atoms with Gasteiger partial charge in [-0.05, 0) is 27.7 Å². The molecule has 0 atom stereocenters. The maximum absolute atomic E-state index is 8.62. The summed E-state index contributed by atoms with van der Waals surface area (Å²) in [6.45, 7) is 12.1. The Bertz CT molecular complexity index is 72.4. The van der Waals surface area contributed by atoms with Crippen molar-refractivity contribution in [1.29, 1.82) is 0 Å². The van der Waals surface area contributed by atoms with Crippen molar-refractivity contribution in [2.24, 2.45) is 0 Å². The Labute approximate surface area is 110 Å². The Morgan fingerprint density at radius 3 is 0.588 bits per heavy atom. The van der Waals surface area contributed by atoms with Crippen LogP contribution in [0.3, 0.4) is 0 Å². The summed E-state index contributed by atoms with van der Waals surface area (Å²) in [4.78, 5) is 0. The predicted octanol–water partition coefficient (Wildman–Crippen LogP) is -7.77. The van der Waals surface area contributed by atoms with Gasteiger partial charge in [-0.2, -0.15) is 0 Å². The molecule has 0 rings (SSSR count). The summed E-state index contributed by atoms with van der Waals surface area (Å²) in [5.74, 6) is 0. The SMILES string of the molecule is CC[NH3+].CC[NH3+].CC[NH3+].CC[NH3+].[O-][Ti]([O-])([O-])[O-]. The Kier molecular flexibility index (Phi) is 64.4. The first kappa shape index (κ1) is 30.4. The Balaban J connectivity index is -0.0000000362. The van der Waals surface area contributed by atoms with E-state index in [-0.39, 0.29) is 0 Å². The topological polar surface area (TPSA) is 203 Å². The molecule has 0 aromatic carbocycles. The molecule has 8 nitrogen and oxygen atoms in total. The quantitative estimate of drug-likeness (QED) is 0.321. The molecule has 0 aromatic heterocycles. The third-order valence-electron chi connectivity index (χ3n) is 0. The van der Waals surface area contributed by atoms with Gasteiger partial charge in [0.15, 0.2) is 0 Å². The van der Waals surface area contributed by atoms with Crippen LogP contribution in [0.2, 0.25) is 0 Å². The molecule has 12 N–H and O–H groups in total. The van der Waals surface area contributed by atoms with Crippen LogP contribution in [-0.4, -0.2) is 26.2 Å². The second kappa shape index (κ2) is 36.0. The molecule has 0 aliphatic carbocycles. The fraction of sp³-hybridized carbons (Fsp3) is 1.00. The van der Waals surface area contributed by atoms with Gasteiger partial charge in [-0.1, -0.05) is 0 Å². The van der Waals surface area contributed by atoms with Crippen LogP contribution >= 0.6 is 0 Å². The molecule has 0 saturated heterocycles. The number of hydrogen-bond donors (Lipinski definition) is 4. The molecule has 0 radical (unpaired) electrons. The van der Waals surface area contributed by atoms with Gasteiger partial charge in [0.25, 0.3) is 0 Å². The number of quaternary nitrogens is 4. The molecular weight excluding hydrogens is 264 g/mol. The van der Waals surface area contributed by atoms with Crippen LogP contribution in [0, 0.1) is 0 Å². The zero-order valence-corrected chi connectivity index (χ0v) is 13.4. The van der Waals surface area contributed by atoms with Gasteiger partial charge >= 0.3 is 32.9 Å². The van der Waals surface area contributed by atoms with Crippen molar-refractivity contribution >= 4 is 0 Å². The van der Waals surface area contributed by atoms with Crippen molar-refractivity contribution in [2.45, 2.75) is 27.7 Å². The van der Waals surface area contributed by atoms with E-state index >= 15 is 0 Å². The zero-order valence-electron chi connectivity index (χ0n) is 11.8. The van der Waals surface area contributed by atoms with Gasteiger partial charge in [-0.25, -0.2) is 0 Å². The van der Waals surface area contributed by atoms with Gasteiger partial charge in [0.05, 0.1) is 26.2 Å². The van der Waals surface area contributed by atoms with Crippen LogP contribution in [0.4, 0.5) is 0 Å². The average molecular weight is 296 g/mol. The molecule has 0 spiro atoms. The fourth-order valence-corrected chi connectivity index (χ4v) is 0. The monoisotopic (exact) mass is 296 g/mol. The fourth-order valence-electron chi connectivity index (χ4n) is 0. The molecule has 0 aliphatic rings. The van der Waals surface area contributed by atoms with Crippen molar-refractivity contribution in [3.8, 4) is 0 Å². The third-order valence-corrected chi connectivity index (χ3v) is 0. The Morgan fingerprint density at radius 2 is 0.588 bits per heavy atom. The molecule has 0 fully saturated rings. The van der Waals surface area contributed by atoms with Gasteiger partial charge in [0.2, 0.25) is 0 Å². The van der Waals surface area contributed by atoms with Gasteiger partial charge in [0, 0.05) is 0 Å². The van der Waals surface area contributed by atoms with Crippen LogP contribution in [0.1, 0.15) is 27.7 Å². The number of rotatable bonds is 0. The second-order valence-electron chi connectivity index (χ2n) is 2.50. The predicted molar refractivity (Wildman–Crippen MR) is 53.7 cm³/mol. The summed E-state index contributed by atoms with van der Waals surface area (Å²) < 4.78 is 34.5. The first-order valence-electron chi connectivity index (χ1n) is 5.64. The van der Waals surface area contributed by atoms with Crippen LogP contribution in [-0.2, 0) is 18.1 Å². The molecule has 112 valence electrons. The van der Waals surface area contributed by atoms with Crippen LogP contribution in [0.5, 0.6) is 0 Å². The van der Waals surface area contributed by atoms with Crippen LogP contribution < -0.4 is 37.7 Å². The molecule has 0 saturated carbocycles. The van der Waals surface area contributed by atoms with E-state index in [9.17, 15) is 0 Å². The summed E-state index contributed by atoms with van der Waals surface area (Å²) in [5.41, 5.74) is 13.9. The van der Waals surface area contributed by atoms with Crippen LogP contribution in [0.25, 0.3) is 0 Å². The minimum atomic E-state index is -6.00. The van der Waals surface area contributed by atoms with Gasteiger partial charge in [0.1, 0.15) is 0 Å². The number of hydrogen-bond acceptors (Lipinski definition) is 4. The van der Waals surface area contributed by atoms with Gasteiger partial charge < -0.3 is 22.9 Å². The maximum atomic E-state index is 8.62. The van der Waals surface area contributed by atoms with Crippen molar-refractivity contribution in [3.05, 3.63) is 0 Å². The summed E-state index contributed by atoms with van der Waals surface area (Å²) in [6.07, 6.45) is 0. The molecule has 9 heteroatoms. The summed E-state index contributed by atoms with van der Waals surface area (Å²) in [7, 11) is 0. The van der Waals surface area contributed by atoms with E-state index in [1.165, 1.54) is 0 Å². The van der Waals surface area contributed by atoms with Gasteiger partial charge in [-0.15, -0.1) is 0 Å². The van der Waals surface area contributed by atoms with Crippen molar-refractivity contribution in [2.75, 3.05) is 26.2 Å². The van der Waals surface area contributed by atoms with E-state index in [1.54, 1.807) is 0 Å². The van der Waals surface area contributed by atoms with Crippen molar-refractivity contribution < 1.29 is 55.8 Å². The first-order valence-corrected chi connectivity index (χ1v) is 8.19. The zero-order chi connectivity index (χ0) is 15.3. The molecule has 0 unspecified atom stereocenters. The van der Waals surface area contributed by atoms with Crippen LogP contribution in [0.15, 0.2) is 0 Å². The summed E-state index contributed by atoms with van der Waals surface area (Å²) in [6, 6.07) is 0. The molecule has 0 bridgehead atoms. The Morgan fingerprint density at radius 1 is 0.588 bits per heavy atom. The van der Waals surface area contributed by atoms with E-state index in [0.717, 1.165) is 26.2 Å². The molecular formula is C8H32N4O4Ti. The Hall–Kier alpha value is 0.394.